The normalized spacial score (nSPS) is 10.6. The highest BCUT2D eigenvalue weighted by atomic mass is 16.5. The molecular formula is C13H17N5O2. The van der Waals surface area contributed by atoms with Crippen LogP contribution in [0.15, 0.2) is 24.5 Å². The van der Waals surface area contributed by atoms with Gasteiger partial charge in [-0.3, -0.25) is 9.78 Å². The van der Waals surface area contributed by atoms with Crippen LogP contribution < -0.4 is 4.90 Å². The van der Waals surface area contributed by atoms with Gasteiger partial charge in [-0.2, -0.15) is 0 Å². The van der Waals surface area contributed by atoms with Crippen molar-refractivity contribution in [1.29, 1.82) is 0 Å². The van der Waals surface area contributed by atoms with E-state index in [-0.39, 0.29) is 5.91 Å². The standard InChI is InChI=1S/C13H17N5O2/c1-10-12(15-16-18(10)7-8-20-3)13(19)17(2)11-5-4-6-14-9-11/h4-6,9H,7-8H2,1-3H3. The minimum absolute atomic E-state index is 0.209. The summed E-state index contributed by atoms with van der Waals surface area (Å²) >= 11 is 0. The SMILES string of the molecule is COCCn1nnc(C(=O)N(C)c2cccnc2)c1C. The highest BCUT2D eigenvalue weighted by molar-refractivity contribution is 6.04. The van der Waals surface area contributed by atoms with Gasteiger partial charge in [-0.05, 0) is 19.1 Å². The molecule has 2 aromatic heterocycles. The van der Waals surface area contributed by atoms with Crippen molar-refractivity contribution < 1.29 is 9.53 Å². The molecular weight excluding hydrogens is 258 g/mol. The van der Waals surface area contributed by atoms with Crippen molar-refractivity contribution in [3.63, 3.8) is 0 Å². The summed E-state index contributed by atoms with van der Waals surface area (Å²) in [5, 5.41) is 7.93. The fourth-order valence-corrected chi connectivity index (χ4v) is 1.78. The summed E-state index contributed by atoms with van der Waals surface area (Å²) in [6, 6.07) is 3.59. The Balaban J connectivity index is 2.19. The van der Waals surface area contributed by atoms with Crippen LogP contribution in [0.2, 0.25) is 0 Å². The lowest BCUT2D eigenvalue weighted by Crippen LogP contribution is -2.27. The predicted octanol–water partition coefficient (Wildman–Crippen LogP) is 0.905. The molecule has 2 rings (SSSR count). The average Bonchev–Trinajstić information content (AvgIpc) is 2.85. The number of amides is 1. The summed E-state index contributed by atoms with van der Waals surface area (Å²) in [6.07, 6.45) is 3.29. The molecule has 0 saturated heterocycles. The van der Waals surface area contributed by atoms with Crippen LogP contribution >= 0.6 is 0 Å². The Morgan fingerprint density at radius 2 is 2.30 bits per heavy atom. The van der Waals surface area contributed by atoms with Crippen LogP contribution in [-0.2, 0) is 11.3 Å². The summed E-state index contributed by atoms with van der Waals surface area (Å²) in [7, 11) is 3.31. The molecule has 0 aliphatic heterocycles. The van der Waals surface area contributed by atoms with E-state index in [1.54, 1.807) is 37.3 Å². The smallest absolute Gasteiger partial charge is 0.280 e. The molecule has 7 heteroatoms. The van der Waals surface area contributed by atoms with Gasteiger partial charge in [-0.25, -0.2) is 4.68 Å². The second-order valence-electron chi connectivity index (χ2n) is 4.31. The number of carbonyl (C=O) groups excluding carboxylic acids is 1. The number of aromatic nitrogens is 4. The maximum atomic E-state index is 12.4. The lowest BCUT2D eigenvalue weighted by atomic mass is 10.3. The fraction of sp³-hybridized carbons (Fsp3) is 0.385. The number of nitrogens with zero attached hydrogens (tertiary/aromatic N) is 5. The van der Waals surface area contributed by atoms with Gasteiger partial charge in [0.1, 0.15) is 0 Å². The monoisotopic (exact) mass is 275 g/mol. The lowest BCUT2D eigenvalue weighted by molar-refractivity contribution is 0.0987. The van der Waals surface area contributed by atoms with Crippen LogP contribution in [0.3, 0.4) is 0 Å². The highest BCUT2D eigenvalue weighted by Crippen LogP contribution is 2.14. The summed E-state index contributed by atoms with van der Waals surface area (Å²) in [6.45, 7) is 2.91. The molecule has 0 aromatic carbocycles. The van der Waals surface area contributed by atoms with Gasteiger partial charge in [0.2, 0.25) is 0 Å². The molecule has 106 valence electrons. The number of ether oxygens (including phenoxy) is 1. The zero-order valence-corrected chi connectivity index (χ0v) is 11.8. The van der Waals surface area contributed by atoms with E-state index in [1.807, 2.05) is 13.0 Å². The number of pyridine rings is 1. The van der Waals surface area contributed by atoms with Crippen molar-refractivity contribution in [2.45, 2.75) is 13.5 Å². The van der Waals surface area contributed by atoms with Crippen LogP contribution in [0, 0.1) is 6.92 Å². The van der Waals surface area contributed by atoms with Gasteiger partial charge in [0.05, 0.1) is 30.7 Å². The predicted molar refractivity (Wildman–Crippen MR) is 73.6 cm³/mol. The maximum Gasteiger partial charge on any atom is 0.280 e. The van der Waals surface area contributed by atoms with Gasteiger partial charge in [0.25, 0.3) is 5.91 Å². The molecule has 1 amide bonds. The first-order chi connectivity index (χ1) is 9.65. The maximum absolute atomic E-state index is 12.4. The van der Waals surface area contributed by atoms with E-state index >= 15 is 0 Å². The highest BCUT2D eigenvalue weighted by Gasteiger charge is 2.21. The molecule has 0 saturated carbocycles. The minimum Gasteiger partial charge on any atom is -0.383 e. The second-order valence-corrected chi connectivity index (χ2v) is 4.31. The number of methoxy groups -OCH3 is 1. The molecule has 2 heterocycles. The topological polar surface area (TPSA) is 73.1 Å². The van der Waals surface area contributed by atoms with Crippen molar-refractivity contribution >= 4 is 11.6 Å². The molecule has 7 nitrogen and oxygen atoms in total. The zero-order valence-electron chi connectivity index (χ0n) is 11.8. The molecule has 0 radical (unpaired) electrons. The first-order valence-corrected chi connectivity index (χ1v) is 6.22. The van der Waals surface area contributed by atoms with E-state index in [1.165, 1.54) is 4.90 Å². The summed E-state index contributed by atoms with van der Waals surface area (Å²) < 4.78 is 6.66. The van der Waals surface area contributed by atoms with Crippen molar-refractivity contribution in [2.75, 3.05) is 25.7 Å². The Bertz CT molecular complexity index is 582. The third-order valence-electron chi connectivity index (χ3n) is 3.03. The molecule has 0 fully saturated rings. The van der Waals surface area contributed by atoms with E-state index in [4.69, 9.17) is 4.74 Å². The quantitative estimate of drug-likeness (QED) is 0.810. The van der Waals surface area contributed by atoms with Gasteiger partial charge in [0, 0.05) is 20.4 Å². The molecule has 2 aromatic rings. The van der Waals surface area contributed by atoms with E-state index in [0.29, 0.717) is 24.5 Å². The Morgan fingerprint density at radius 3 is 2.95 bits per heavy atom. The lowest BCUT2D eigenvalue weighted by Gasteiger charge is -2.15. The average molecular weight is 275 g/mol. The molecule has 0 atom stereocenters. The molecule has 20 heavy (non-hydrogen) atoms. The van der Waals surface area contributed by atoms with Crippen molar-refractivity contribution in [1.82, 2.24) is 20.0 Å². The van der Waals surface area contributed by atoms with Crippen LogP contribution in [-0.4, -0.2) is 46.6 Å². The Morgan fingerprint density at radius 1 is 1.50 bits per heavy atom. The van der Waals surface area contributed by atoms with E-state index < -0.39 is 0 Å². The number of hydrogen-bond donors (Lipinski definition) is 0. The second kappa shape index (κ2) is 6.25. The Kier molecular flexibility index (Phi) is 4.41. The molecule has 0 spiro atoms. The van der Waals surface area contributed by atoms with Crippen molar-refractivity contribution in [2.24, 2.45) is 0 Å². The summed E-state index contributed by atoms with van der Waals surface area (Å²) in [4.78, 5) is 17.9. The molecule has 0 N–H and O–H groups in total. The van der Waals surface area contributed by atoms with Crippen LogP contribution in [0.1, 0.15) is 16.2 Å². The van der Waals surface area contributed by atoms with Gasteiger partial charge < -0.3 is 9.64 Å². The fourth-order valence-electron chi connectivity index (χ4n) is 1.78. The van der Waals surface area contributed by atoms with Crippen LogP contribution in [0.4, 0.5) is 5.69 Å². The Hall–Kier alpha value is -2.28. The van der Waals surface area contributed by atoms with E-state index in [2.05, 4.69) is 15.3 Å². The van der Waals surface area contributed by atoms with Gasteiger partial charge in [-0.15, -0.1) is 5.10 Å². The first-order valence-electron chi connectivity index (χ1n) is 6.22. The van der Waals surface area contributed by atoms with Gasteiger partial charge in [-0.1, -0.05) is 5.21 Å². The van der Waals surface area contributed by atoms with E-state index in [0.717, 1.165) is 5.69 Å². The third kappa shape index (κ3) is 2.83. The van der Waals surface area contributed by atoms with Gasteiger partial charge in [0.15, 0.2) is 5.69 Å². The molecule has 0 aliphatic carbocycles. The first kappa shape index (κ1) is 14.1. The van der Waals surface area contributed by atoms with Crippen LogP contribution in [0.5, 0.6) is 0 Å². The molecule has 0 unspecified atom stereocenters. The third-order valence-corrected chi connectivity index (χ3v) is 3.03. The van der Waals surface area contributed by atoms with Crippen LogP contribution in [0.25, 0.3) is 0 Å². The molecule has 0 aliphatic rings. The number of anilines is 1. The number of carbonyl (C=O) groups is 1. The van der Waals surface area contributed by atoms with Crippen molar-refractivity contribution in [3.8, 4) is 0 Å². The zero-order chi connectivity index (χ0) is 14.5. The Labute approximate surface area is 117 Å². The van der Waals surface area contributed by atoms with E-state index in [9.17, 15) is 4.79 Å². The van der Waals surface area contributed by atoms with Gasteiger partial charge >= 0.3 is 0 Å². The number of rotatable bonds is 5. The molecule has 0 bridgehead atoms. The summed E-state index contributed by atoms with van der Waals surface area (Å²) in [5.74, 6) is -0.209. The largest absolute Gasteiger partial charge is 0.383 e. The number of hydrogen-bond acceptors (Lipinski definition) is 5. The summed E-state index contributed by atoms with van der Waals surface area (Å²) in [5.41, 5.74) is 1.78. The minimum atomic E-state index is -0.209. The van der Waals surface area contributed by atoms with Crippen molar-refractivity contribution in [3.05, 3.63) is 35.9 Å².